The average molecular weight is 389 g/mol. The lowest BCUT2D eigenvalue weighted by atomic mass is 10.1. The van der Waals surface area contributed by atoms with Gasteiger partial charge < -0.3 is 9.47 Å². The number of rotatable bonds is 3. The Balaban J connectivity index is 2.16. The number of halogens is 4. The third-order valence-corrected chi connectivity index (χ3v) is 4.39. The van der Waals surface area contributed by atoms with Gasteiger partial charge in [-0.1, -0.05) is 12.1 Å². The van der Waals surface area contributed by atoms with E-state index in [1.54, 1.807) is 29.6 Å². The highest BCUT2D eigenvalue weighted by molar-refractivity contribution is 5.84. The molecular weight excluding hydrogens is 374 g/mol. The van der Waals surface area contributed by atoms with Gasteiger partial charge in [0.1, 0.15) is 17.4 Å². The van der Waals surface area contributed by atoms with Crippen LogP contribution in [0, 0.1) is 17.1 Å². The van der Waals surface area contributed by atoms with Gasteiger partial charge in [-0.3, -0.25) is 4.79 Å². The van der Waals surface area contributed by atoms with Gasteiger partial charge in [-0.2, -0.15) is 18.4 Å². The zero-order valence-electron chi connectivity index (χ0n) is 15.0. The molecule has 0 saturated heterocycles. The molecule has 144 valence electrons. The van der Waals surface area contributed by atoms with Gasteiger partial charge in [-0.25, -0.2) is 4.39 Å². The summed E-state index contributed by atoms with van der Waals surface area (Å²) in [4.78, 5) is 14.0. The molecule has 0 aliphatic heterocycles. The highest BCUT2D eigenvalue weighted by Crippen LogP contribution is 2.29. The number of hydrogen-bond acceptors (Lipinski definition) is 3. The summed E-state index contributed by atoms with van der Waals surface area (Å²) >= 11 is 0. The first kappa shape index (κ1) is 19.4. The van der Waals surface area contributed by atoms with Crippen molar-refractivity contribution >= 4 is 16.6 Å². The van der Waals surface area contributed by atoms with E-state index in [-0.39, 0.29) is 23.2 Å². The third kappa shape index (κ3) is 3.56. The van der Waals surface area contributed by atoms with E-state index in [1.165, 1.54) is 24.4 Å². The van der Waals surface area contributed by atoms with Crippen LogP contribution >= 0.6 is 0 Å². The fourth-order valence-corrected chi connectivity index (χ4v) is 2.95. The smallest absolute Gasteiger partial charge is 0.375 e. The Morgan fingerprint density at radius 2 is 1.79 bits per heavy atom. The van der Waals surface area contributed by atoms with Gasteiger partial charge >= 0.3 is 6.18 Å². The molecule has 1 aromatic heterocycles. The second-order valence-electron chi connectivity index (χ2n) is 6.52. The molecule has 8 heteroatoms. The molecular formula is C20H15F4N3O. The largest absolute Gasteiger partial charge is 0.416 e. The Kier molecular flexibility index (Phi) is 4.86. The summed E-state index contributed by atoms with van der Waals surface area (Å²) < 4.78 is 54.1. The Hall–Kier alpha value is -3.34. The molecule has 0 saturated carbocycles. The van der Waals surface area contributed by atoms with E-state index in [2.05, 4.69) is 0 Å². The predicted molar refractivity (Wildman–Crippen MR) is 97.8 cm³/mol. The van der Waals surface area contributed by atoms with Crippen LogP contribution in [0.3, 0.4) is 0 Å². The Labute approximate surface area is 157 Å². The fourth-order valence-electron chi connectivity index (χ4n) is 2.95. The number of benzene rings is 2. The standard InChI is InChI=1S/C20H15F4N3O/c1-26(2)18-8-17-15(7-16(18)21)19(28)13(9-25)11-27(17)10-12-3-5-14(6-4-12)20(22,23)24/h3-8,11H,10H2,1-2H3. The topological polar surface area (TPSA) is 49.0 Å². The van der Waals surface area contributed by atoms with Gasteiger partial charge in [0, 0.05) is 26.8 Å². The van der Waals surface area contributed by atoms with Crippen LogP contribution in [0.5, 0.6) is 0 Å². The zero-order chi connectivity index (χ0) is 20.6. The molecule has 2 aromatic carbocycles. The van der Waals surface area contributed by atoms with Gasteiger partial charge in [-0.15, -0.1) is 0 Å². The molecule has 0 spiro atoms. The summed E-state index contributed by atoms with van der Waals surface area (Å²) in [5, 5.41) is 9.25. The van der Waals surface area contributed by atoms with Gasteiger partial charge in [0.2, 0.25) is 5.43 Å². The van der Waals surface area contributed by atoms with Crippen molar-refractivity contribution in [1.82, 2.24) is 4.57 Å². The molecule has 28 heavy (non-hydrogen) atoms. The van der Waals surface area contributed by atoms with E-state index in [1.807, 2.05) is 0 Å². The van der Waals surface area contributed by atoms with E-state index in [0.29, 0.717) is 11.1 Å². The SMILES string of the molecule is CN(C)c1cc2c(cc1F)c(=O)c(C#N)cn2Cc1ccc(C(F)(F)F)cc1. The molecule has 0 radical (unpaired) electrons. The maximum atomic E-state index is 14.3. The molecule has 0 N–H and O–H groups in total. The van der Waals surface area contributed by atoms with Crippen LogP contribution < -0.4 is 10.3 Å². The molecule has 0 amide bonds. The van der Waals surface area contributed by atoms with Gasteiger partial charge in [0.25, 0.3) is 0 Å². The summed E-state index contributed by atoms with van der Waals surface area (Å²) in [6.07, 6.45) is -3.10. The highest BCUT2D eigenvalue weighted by Gasteiger charge is 2.29. The number of nitriles is 1. The lowest BCUT2D eigenvalue weighted by Gasteiger charge is -2.17. The van der Waals surface area contributed by atoms with Crippen molar-refractivity contribution in [3.63, 3.8) is 0 Å². The lowest BCUT2D eigenvalue weighted by Crippen LogP contribution is -2.16. The van der Waals surface area contributed by atoms with E-state index in [9.17, 15) is 27.6 Å². The first-order valence-electron chi connectivity index (χ1n) is 8.22. The highest BCUT2D eigenvalue weighted by atomic mass is 19.4. The van der Waals surface area contributed by atoms with Crippen molar-refractivity contribution < 1.29 is 17.6 Å². The summed E-state index contributed by atoms with van der Waals surface area (Å²) in [6.45, 7) is 0.113. The lowest BCUT2D eigenvalue weighted by molar-refractivity contribution is -0.137. The number of nitrogens with zero attached hydrogens (tertiary/aromatic N) is 3. The minimum atomic E-state index is -4.44. The Morgan fingerprint density at radius 3 is 2.32 bits per heavy atom. The van der Waals surface area contributed by atoms with Crippen LogP contribution in [0.1, 0.15) is 16.7 Å². The van der Waals surface area contributed by atoms with Crippen molar-refractivity contribution in [3.8, 4) is 6.07 Å². The fraction of sp³-hybridized carbons (Fsp3) is 0.200. The predicted octanol–water partition coefficient (Wildman–Crippen LogP) is 4.15. The van der Waals surface area contributed by atoms with Crippen LogP contribution in [0.25, 0.3) is 10.9 Å². The Morgan fingerprint density at radius 1 is 1.14 bits per heavy atom. The maximum Gasteiger partial charge on any atom is 0.416 e. The normalized spacial score (nSPS) is 11.5. The monoisotopic (exact) mass is 389 g/mol. The van der Waals surface area contributed by atoms with Crippen molar-refractivity contribution in [1.29, 1.82) is 5.26 Å². The molecule has 0 fully saturated rings. The van der Waals surface area contributed by atoms with Crippen molar-refractivity contribution in [2.24, 2.45) is 0 Å². The van der Waals surface area contributed by atoms with E-state index in [4.69, 9.17) is 0 Å². The van der Waals surface area contributed by atoms with Gasteiger partial charge in [-0.05, 0) is 29.8 Å². The van der Waals surface area contributed by atoms with Crippen molar-refractivity contribution in [2.75, 3.05) is 19.0 Å². The van der Waals surface area contributed by atoms with Crippen molar-refractivity contribution in [2.45, 2.75) is 12.7 Å². The van der Waals surface area contributed by atoms with Crippen LogP contribution in [0.2, 0.25) is 0 Å². The van der Waals surface area contributed by atoms with Gasteiger partial charge in [0.05, 0.1) is 22.2 Å². The molecule has 3 aromatic rings. The third-order valence-electron chi connectivity index (χ3n) is 4.39. The first-order valence-corrected chi connectivity index (χ1v) is 8.22. The summed E-state index contributed by atoms with van der Waals surface area (Å²) in [5.74, 6) is -0.606. The number of hydrogen-bond donors (Lipinski definition) is 0. The molecule has 4 nitrogen and oxygen atoms in total. The number of alkyl halides is 3. The zero-order valence-corrected chi connectivity index (χ0v) is 15.0. The molecule has 0 aliphatic carbocycles. The first-order chi connectivity index (χ1) is 13.1. The molecule has 1 heterocycles. The second-order valence-corrected chi connectivity index (χ2v) is 6.52. The molecule has 0 bridgehead atoms. The number of fused-ring (bicyclic) bond motifs is 1. The number of pyridine rings is 1. The summed E-state index contributed by atoms with van der Waals surface area (Å²) in [7, 11) is 3.29. The quantitative estimate of drug-likeness (QED) is 0.633. The molecule has 3 rings (SSSR count). The Bertz CT molecular complexity index is 1140. The van der Waals surface area contributed by atoms with E-state index >= 15 is 0 Å². The average Bonchev–Trinajstić information content (AvgIpc) is 2.63. The summed E-state index contributed by atoms with van der Waals surface area (Å²) in [5.41, 5.74) is -0.359. The molecule has 0 atom stereocenters. The molecule has 0 unspecified atom stereocenters. The van der Waals surface area contributed by atoms with Gasteiger partial charge in [0.15, 0.2) is 0 Å². The molecule has 0 aliphatic rings. The second kappa shape index (κ2) is 7.00. The minimum absolute atomic E-state index is 0.0362. The van der Waals surface area contributed by atoms with Crippen LogP contribution in [-0.2, 0) is 12.7 Å². The van der Waals surface area contributed by atoms with Crippen LogP contribution in [-0.4, -0.2) is 18.7 Å². The van der Waals surface area contributed by atoms with Crippen molar-refractivity contribution in [3.05, 3.63) is 75.3 Å². The minimum Gasteiger partial charge on any atom is -0.375 e. The number of anilines is 1. The van der Waals surface area contributed by atoms with Crippen LogP contribution in [0.15, 0.2) is 47.4 Å². The maximum absolute atomic E-state index is 14.3. The van der Waals surface area contributed by atoms with E-state index < -0.39 is 23.0 Å². The summed E-state index contributed by atoms with van der Waals surface area (Å²) in [6, 6.07) is 8.94. The van der Waals surface area contributed by atoms with E-state index in [0.717, 1.165) is 18.2 Å². The van der Waals surface area contributed by atoms with Crippen LogP contribution in [0.4, 0.5) is 23.2 Å². The number of aromatic nitrogens is 1.